The van der Waals surface area contributed by atoms with Crippen molar-refractivity contribution in [1.29, 1.82) is 0 Å². The number of rotatable bonds is 4. The van der Waals surface area contributed by atoms with Gasteiger partial charge < -0.3 is 10.5 Å². The van der Waals surface area contributed by atoms with Gasteiger partial charge in [-0.3, -0.25) is 4.79 Å². The lowest BCUT2D eigenvalue weighted by atomic mass is 10.3. The maximum Gasteiger partial charge on any atom is 0.268 e. The highest BCUT2D eigenvalue weighted by molar-refractivity contribution is 7.98. The summed E-state index contributed by atoms with van der Waals surface area (Å²) in [5, 5.41) is 0. The lowest BCUT2D eigenvalue weighted by Gasteiger charge is -2.07. The molecule has 0 spiro atoms. The van der Waals surface area contributed by atoms with Crippen molar-refractivity contribution < 1.29 is 9.53 Å². The number of carbonyl (C=O) groups excluding carboxylic acids is 1. The molecule has 15 heavy (non-hydrogen) atoms. The van der Waals surface area contributed by atoms with Gasteiger partial charge in [0.25, 0.3) is 5.91 Å². The first kappa shape index (κ1) is 10.3. The van der Waals surface area contributed by atoms with E-state index < -0.39 is 5.91 Å². The highest BCUT2D eigenvalue weighted by atomic mass is 32.2. The first-order chi connectivity index (χ1) is 7.20. The summed E-state index contributed by atoms with van der Waals surface area (Å²) in [6, 6.07) is 1.82. The van der Waals surface area contributed by atoms with Crippen LogP contribution in [-0.4, -0.2) is 23.3 Å². The molecule has 1 saturated carbocycles. The zero-order valence-corrected chi connectivity index (χ0v) is 9.21. The molecule has 2 rings (SSSR count). The van der Waals surface area contributed by atoms with Crippen molar-refractivity contribution in [2.24, 2.45) is 5.73 Å². The Hall–Kier alpha value is -1.23. The first-order valence-corrected chi connectivity index (χ1v) is 5.93. The fraction of sp³-hybridized carbons (Fsp3) is 0.400. The molecule has 0 radical (unpaired) electrons. The SMILES string of the molecule is CSc1cc(OC2CC2)cnc1C(N)=O. The fourth-order valence-corrected chi connectivity index (χ4v) is 1.79. The van der Waals surface area contributed by atoms with Crippen LogP contribution in [-0.2, 0) is 0 Å². The zero-order chi connectivity index (χ0) is 10.8. The Morgan fingerprint density at radius 1 is 1.67 bits per heavy atom. The van der Waals surface area contributed by atoms with E-state index in [0.717, 1.165) is 17.7 Å². The largest absolute Gasteiger partial charge is 0.489 e. The Kier molecular flexibility index (Phi) is 2.81. The number of ether oxygens (including phenoxy) is 1. The number of hydrogen-bond acceptors (Lipinski definition) is 4. The molecule has 0 aliphatic heterocycles. The van der Waals surface area contributed by atoms with Crippen LogP contribution in [0.3, 0.4) is 0 Å². The minimum absolute atomic E-state index is 0.311. The van der Waals surface area contributed by atoms with Crippen molar-refractivity contribution in [1.82, 2.24) is 4.98 Å². The third-order valence-corrected chi connectivity index (χ3v) is 2.86. The van der Waals surface area contributed by atoms with Crippen molar-refractivity contribution in [2.75, 3.05) is 6.26 Å². The second-order valence-corrected chi connectivity index (χ2v) is 4.25. The van der Waals surface area contributed by atoms with Gasteiger partial charge >= 0.3 is 0 Å². The number of nitrogens with zero attached hydrogens (tertiary/aromatic N) is 1. The molecule has 0 saturated heterocycles. The van der Waals surface area contributed by atoms with Crippen LogP contribution in [0.1, 0.15) is 23.3 Å². The van der Waals surface area contributed by atoms with Crippen LogP contribution in [0.15, 0.2) is 17.2 Å². The number of aromatic nitrogens is 1. The Balaban J connectivity index is 2.24. The Morgan fingerprint density at radius 2 is 2.40 bits per heavy atom. The Labute approximate surface area is 92.2 Å². The number of carbonyl (C=O) groups is 1. The van der Waals surface area contributed by atoms with Gasteiger partial charge in [0.2, 0.25) is 0 Å². The van der Waals surface area contributed by atoms with Gasteiger partial charge in [-0.1, -0.05) is 0 Å². The summed E-state index contributed by atoms with van der Waals surface area (Å²) < 4.78 is 5.57. The van der Waals surface area contributed by atoms with Crippen molar-refractivity contribution >= 4 is 17.7 Å². The van der Waals surface area contributed by atoms with Crippen LogP contribution in [0.4, 0.5) is 0 Å². The molecular formula is C10H12N2O2S. The minimum atomic E-state index is -0.502. The molecule has 1 heterocycles. The molecule has 1 fully saturated rings. The molecule has 4 nitrogen and oxygen atoms in total. The first-order valence-electron chi connectivity index (χ1n) is 4.71. The van der Waals surface area contributed by atoms with Crippen molar-refractivity contribution in [3.8, 4) is 5.75 Å². The number of hydrogen-bond donors (Lipinski definition) is 1. The summed E-state index contributed by atoms with van der Waals surface area (Å²) in [6.07, 6.45) is 5.97. The van der Waals surface area contributed by atoms with E-state index in [0.29, 0.717) is 17.5 Å². The second-order valence-electron chi connectivity index (χ2n) is 3.40. The second kappa shape index (κ2) is 4.10. The van der Waals surface area contributed by atoms with Crippen molar-refractivity contribution in [2.45, 2.75) is 23.8 Å². The molecule has 1 amide bonds. The summed E-state index contributed by atoms with van der Waals surface area (Å²) in [7, 11) is 0. The molecular weight excluding hydrogens is 212 g/mol. The third-order valence-electron chi connectivity index (χ3n) is 2.11. The zero-order valence-electron chi connectivity index (χ0n) is 8.40. The van der Waals surface area contributed by atoms with E-state index in [1.54, 1.807) is 6.20 Å². The standard InChI is InChI=1S/C10H12N2O2S/c1-15-8-4-7(14-6-2-3-6)5-12-9(8)10(11)13/h4-6H,2-3H2,1H3,(H2,11,13). The van der Waals surface area contributed by atoms with Gasteiger partial charge in [0, 0.05) is 4.90 Å². The van der Waals surface area contributed by atoms with Crippen molar-refractivity contribution in [3.05, 3.63) is 18.0 Å². The van der Waals surface area contributed by atoms with Gasteiger partial charge in [-0.25, -0.2) is 4.98 Å². The number of nitrogens with two attached hydrogens (primary N) is 1. The normalized spacial score (nSPS) is 15.0. The molecule has 80 valence electrons. The maximum absolute atomic E-state index is 11.0. The molecule has 0 unspecified atom stereocenters. The molecule has 0 bridgehead atoms. The molecule has 0 atom stereocenters. The predicted octanol–water partition coefficient (Wildman–Crippen LogP) is 1.44. The smallest absolute Gasteiger partial charge is 0.268 e. The van der Waals surface area contributed by atoms with Crippen LogP contribution in [0.2, 0.25) is 0 Å². The van der Waals surface area contributed by atoms with Gasteiger partial charge in [-0.15, -0.1) is 11.8 Å². The average molecular weight is 224 g/mol. The van der Waals surface area contributed by atoms with Gasteiger partial charge in [0.15, 0.2) is 0 Å². The van der Waals surface area contributed by atoms with Crippen LogP contribution >= 0.6 is 11.8 Å². The number of thioether (sulfide) groups is 1. The summed E-state index contributed by atoms with van der Waals surface area (Å²) in [6.45, 7) is 0. The third kappa shape index (κ3) is 2.41. The highest BCUT2D eigenvalue weighted by Crippen LogP contribution is 2.29. The summed E-state index contributed by atoms with van der Waals surface area (Å²) in [5.74, 6) is 0.212. The Morgan fingerprint density at radius 3 is 2.93 bits per heavy atom. The molecule has 1 aromatic rings. The van der Waals surface area contributed by atoms with E-state index in [-0.39, 0.29) is 0 Å². The predicted molar refractivity (Wildman–Crippen MR) is 58.2 cm³/mol. The molecule has 1 aliphatic rings. The van der Waals surface area contributed by atoms with E-state index in [9.17, 15) is 4.79 Å². The maximum atomic E-state index is 11.0. The minimum Gasteiger partial charge on any atom is -0.489 e. The van der Waals surface area contributed by atoms with Gasteiger partial charge in [0.1, 0.15) is 11.4 Å². The van der Waals surface area contributed by atoms with Gasteiger partial charge in [-0.2, -0.15) is 0 Å². The number of pyridine rings is 1. The molecule has 2 N–H and O–H groups in total. The van der Waals surface area contributed by atoms with Crippen LogP contribution in [0.5, 0.6) is 5.75 Å². The van der Waals surface area contributed by atoms with Crippen molar-refractivity contribution in [3.63, 3.8) is 0 Å². The number of primary amides is 1. The topological polar surface area (TPSA) is 65.2 Å². The average Bonchev–Trinajstić information content (AvgIpc) is 3.01. The van der Waals surface area contributed by atoms with E-state index in [4.69, 9.17) is 10.5 Å². The van der Waals surface area contributed by atoms with E-state index in [1.165, 1.54) is 11.8 Å². The Bertz CT molecular complexity index is 391. The molecule has 1 aromatic heterocycles. The summed E-state index contributed by atoms with van der Waals surface area (Å²) in [5.41, 5.74) is 5.51. The van der Waals surface area contributed by atoms with E-state index >= 15 is 0 Å². The monoisotopic (exact) mass is 224 g/mol. The fourth-order valence-electron chi connectivity index (χ4n) is 1.21. The quantitative estimate of drug-likeness (QED) is 0.786. The van der Waals surface area contributed by atoms with Gasteiger partial charge in [-0.05, 0) is 25.2 Å². The summed E-state index contributed by atoms with van der Waals surface area (Å²) >= 11 is 1.44. The van der Waals surface area contributed by atoms with Crippen LogP contribution in [0.25, 0.3) is 0 Å². The van der Waals surface area contributed by atoms with Crippen LogP contribution < -0.4 is 10.5 Å². The van der Waals surface area contributed by atoms with E-state index in [2.05, 4.69) is 4.98 Å². The lowest BCUT2D eigenvalue weighted by molar-refractivity contribution is 0.0992. The van der Waals surface area contributed by atoms with Gasteiger partial charge in [0.05, 0.1) is 12.3 Å². The van der Waals surface area contributed by atoms with E-state index in [1.807, 2.05) is 12.3 Å². The molecule has 0 aromatic carbocycles. The summed E-state index contributed by atoms with van der Waals surface area (Å²) in [4.78, 5) is 15.8. The molecule has 5 heteroatoms. The number of amides is 1. The molecule has 1 aliphatic carbocycles. The van der Waals surface area contributed by atoms with Crippen LogP contribution in [0, 0.1) is 0 Å². The lowest BCUT2D eigenvalue weighted by Crippen LogP contribution is -2.14. The highest BCUT2D eigenvalue weighted by Gasteiger charge is 2.24.